The quantitative estimate of drug-likeness (QED) is 0.753. The van der Waals surface area contributed by atoms with Gasteiger partial charge in [-0.25, -0.2) is 4.39 Å². The van der Waals surface area contributed by atoms with Gasteiger partial charge in [0.2, 0.25) is 0 Å². The van der Waals surface area contributed by atoms with Crippen LogP contribution in [0, 0.1) is 5.82 Å². The van der Waals surface area contributed by atoms with E-state index in [4.69, 9.17) is 9.57 Å². The molecule has 0 radical (unpaired) electrons. The van der Waals surface area contributed by atoms with Crippen LogP contribution in [0.3, 0.4) is 0 Å². The van der Waals surface area contributed by atoms with E-state index < -0.39 is 0 Å². The van der Waals surface area contributed by atoms with Gasteiger partial charge in [-0.1, -0.05) is 6.07 Å². The first-order chi connectivity index (χ1) is 6.69. The molecule has 0 spiro atoms. The van der Waals surface area contributed by atoms with E-state index >= 15 is 0 Å². The van der Waals surface area contributed by atoms with Crippen LogP contribution < -0.4 is 10.2 Å². The second kappa shape index (κ2) is 4.93. The van der Waals surface area contributed by atoms with Gasteiger partial charge in [-0.2, -0.15) is 5.48 Å². The number of methoxy groups -OCH3 is 1. The van der Waals surface area contributed by atoms with Crippen molar-refractivity contribution in [3.05, 3.63) is 29.6 Å². The molecule has 1 rings (SSSR count). The number of benzene rings is 1. The van der Waals surface area contributed by atoms with Crippen LogP contribution in [0.1, 0.15) is 18.5 Å². The normalized spacial score (nSPS) is 12.6. The minimum Gasteiger partial charge on any atom is -0.494 e. The fraction of sp³-hybridized carbons (Fsp3) is 0.400. The minimum atomic E-state index is -0.360. The lowest BCUT2D eigenvalue weighted by Gasteiger charge is -2.13. The minimum absolute atomic E-state index is 0.00509. The van der Waals surface area contributed by atoms with E-state index in [2.05, 4.69) is 5.48 Å². The first kappa shape index (κ1) is 10.9. The summed E-state index contributed by atoms with van der Waals surface area (Å²) >= 11 is 0. The largest absolute Gasteiger partial charge is 0.494 e. The summed E-state index contributed by atoms with van der Waals surface area (Å²) in [6.07, 6.45) is 0. The van der Waals surface area contributed by atoms with Gasteiger partial charge in [0, 0.05) is 0 Å². The zero-order chi connectivity index (χ0) is 10.6. The number of nitrogens with one attached hydrogen (secondary N) is 1. The van der Waals surface area contributed by atoms with Crippen molar-refractivity contribution in [3.8, 4) is 5.75 Å². The molecule has 1 unspecified atom stereocenters. The average Bonchev–Trinajstić information content (AvgIpc) is 2.19. The summed E-state index contributed by atoms with van der Waals surface area (Å²) in [5.74, 6) is -0.117. The number of hydrogen-bond donors (Lipinski definition) is 1. The van der Waals surface area contributed by atoms with Gasteiger partial charge in [0.15, 0.2) is 11.6 Å². The Morgan fingerprint density at radius 1 is 1.36 bits per heavy atom. The summed E-state index contributed by atoms with van der Waals surface area (Å²) in [5, 5.41) is 0. The van der Waals surface area contributed by atoms with Crippen LogP contribution in [0.25, 0.3) is 0 Å². The van der Waals surface area contributed by atoms with Crippen molar-refractivity contribution in [1.29, 1.82) is 0 Å². The van der Waals surface area contributed by atoms with Crippen LogP contribution in [-0.2, 0) is 4.84 Å². The van der Waals surface area contributed by atoms with E-state index in [1.165, 1.54) is 20.3 Å². The van der Waals surface area contributed by atoms with Crippen molar-refractivity contribution in [2.75, 3.05) is 14.2 Å². The SMILES string of the molecule is CONC(C)c1ccc(F)c(OC)c1. The predicted molar refractivity (Wildman–Crippen MR) is 51.5 cm³/mol. The van der Waals surface area contributed by atoms with Crippen molar-refractivity contribution in [2.24, 2.45) is 0 Å². The Morgan fingerprint density at radius 3 is 2.64 bits per heavy atom. The molecule has 3 nitrogen and oxygen atoms in total. The van der Waals surface area contributed by atoms with Gasteiger partial charge in [-0.15, -0.1) is 0 Å². The molecule has 1 N–H and O–H groups in total. The maximum absolute atomic E-state index is 13.0. The van der Waals surface area contributed by atoms with Crippen LogP contribution >= 0.6 is 0 Å². The van der Waals surface area contributed by atoms with Crippen LogP contribution in [0.4, 0.5) is 4.39 Å². The van der Waals surface area contributed by atoms with Crippen LogP contribution in [0.15, 0.2) is 18.2 Å². The third-order valence-electron chi connectivity index (χ3n) is 1.97. The molecular weight excluding hydrogens is 185 g/mol. The van der Waals surface area contributed by atoms with Gasteiger partial charge in [0.1, 0.15) is 0 Å². The van der Waals surface area contributed by atoms with Gasteiger partial charge in [0.05, 0.1) is 20.3 Å². The zero-order valence-corrected chi connectivity index (χ0v) is 8.50. The van der Waals surface area contributed by atoms with Crippen LogP contribution in [0.2, 0.25) is 0 Å². The van der Waals surface area contributed by atoms with Crippen molar-refractivity contribution < 1.29 is 14.0 Å². The molecule has 0 aliphatic rings. The second-order valence-corrected chi connectivity index (χ2v) is 2.94. The molecule has 0 aromatic heterocycles. The Hall–Kier alpha value is -1.13. The Kier molecular flexibility index (Phi) is 3.85. The molecular formula is C10H14FNO2. The molecule has 0 aliphatic heterocycles. The van der Waals surface area contributed by atoms with E-state index in [0.717, 1.165) is 5.56 Å². The first-order valence-corrected chi connectivity index (χ1v) is 4.31. The highest BCUT2D eigenvalue weighted by atomic mass is 19.1. The van der Waals surface area contributed by atoms with Gasteiger partial charge >= 0.3 is 0 Å². The fourth-order valence-corrected chi connectivity index (χ4v) is 1.19. The van der Waals surface area contributed by atoms with E-state index in [1.807, 2.05) is 6.92 Å². The third-order valence-corrected chi connectivity index (χ3v) is 1.97. The lowest BCUT2D eigenvalue weighted by molar-refractivity contribution is 0.0658. The van der Waals surface area contributed by atoms with E-state index in [-0.39, 0.29) is 17.6 Å². The Balaban J connectivity index is 2.88. The molecule has 4 heteroatoms. The molecule has 0 amide bonds. The second-order valence-electron chi connectivity index (χ2n) is 2.94. The summed E-state index contributed by atoms with van der Waals surface area (Å²) in [6.45, 7) is 1.91. The standard InChI is InChI=1S/C10H14FNO2/c1-7(12-14-3)8-4-5-9(11)10(6-8)13-2/h4-7,12H,1-3H3. The van der Waals surface area contributed by atoms with Crippen molar-refractivity contribution >= 4 is 0 Å². The van der Waals surface area contributed by atoms with Crippen molar-refractivity contribution in [3.63, 3.8) is 0 Å². The molecule has 78 valence electrons. The van der Waals surface area contributed by atoms with Gasteiger partial charge in [-0.3, -0.25) is 0 Å². The third kappa shape index (κ3) is 2.43. The number of hydroxylamine groups is 1. The van der Waals surface area contributed by atoms with Gasteiger partial charge < -0.3 is 9.57 Å². The van der Waals surface area contributed by atoms with E-state index in [1.54, 1.807) is 12.1 Å². The van der Waals surface area contributed by atoms with E-state index in [0.29, 0.717) is 0 Å². The highest BCUT2D eigenvalue weighted by Crippen LogP contribution is 2.22. The summed E-state index contributed by atoms with van der Waals surface area (Å²) in [5.41, 5.74) is 3.66. The summed E-state index contributed by atoms with van der Waals surface area (Å²) < 4.78 is 17.9. The molecule has 0 bridgehead atoms. The van der Waals surface area contributed by atoms with Crippen molar-refractivity contribution in [1.82, 2.24) is 5.48 Å². The average molecular weight is 199 g/mol. The van der Waals surface area contributed by atoms with Crippen LogP contribution in [0.5, 0.6) is 5.75 Å². The Morgan fingerprint density at radius 2 is 2.07 bits per heavy atom. The van der Waals surface area contributed by atoms with Gasteiger partial charge in [-0.05, 0) is 24.6 Å². The predicted octanol–water partition coefficient (Wildman–Crippen LogP) is 2.05. The number of halogens is 1. The molecule has 0 saturated carbocycles. The fourth-order valence-electron chi connectivity index (χ4n) is 1.19. The smallest absolute Gasteiger partial charge is 0.165 e. The lowest BCUT2D eigenvalue weighted by atomic mass is 10.1. The molecule has 1 aromatic rings. The summed E-state index contributed by atoms with van der Waals surface area (Å²) in [7, 11) is 2.98. The van der Waals surface area contributed by atoms with Crippen molar-refractivity contribution in [2.45, 2.75) is 13.0 Å². The lowest BCUT2D eigenvalue weighted by Crippen LogP contribution is -2.16. The molecule has 0 aliphatic carbocycles. The molecule has 14 heavy (non-hydrogen) atoms. The van der Waals surface area contributed by atoms with Gasteiger partial charge in [0.25, 0.3) is 0 Å². The number of hydrogen-bond acceptors (Lipinski definition) is 3. The molecule has 0 fully saturated rings. The highest BCUT2D eigenvalue weighted by Gasteiger charge is 2.08. The monoisotopic (exact) mass is 199 g/mol. The molecule has 1 aromatic carbocycles. The summed E-state index contributed by atoms with van der Waals surface area (Å²) in [6, 6.07) is 4.71. The zero-order valence-electron chi connectivity index (χ0n) is 8.50. The summed E-state index contributed by atoms with van der Waals surface area (Å²) in [4.78, 5) is 4.78. The molecule has 0 heterocycles. The van der Waals surface area contributed by atoms with Crippen LogP contribution in [-0.4, -0.2) is 14.2 Å². The topological polar surface area (TPSA) is 30.5 Å². The molecule has 1 atom stereocenters. The first-order valence-electron chi connectivity index (χ1n) is 4.31. The Labute approximate surface area is 82.8 Å². The Bertz CT molecular complexity index is 304. The molecule has 0 saturated heterocycles. The van der Waals surface area contributed by atoms with E-state index in [9.17, 15) is 4.39 Å². The number of rotatable bonds is 4. The maximum atomic E-state index is 13.0. The maximum Gasteiger partial charge on any atom is 0.165 e. The highest BCUT2D eigenvalue weighted by molar-refractivity contribution is 5.31. The number of ether oxygens (including phenoxy) is 1.